The van der Waals surface area contributed by atoms with Gasteiger partial charge < -0.3 is 9.30 Å². The summed E-state index contributed by atoms with van der Waals surface area (Å²) in [5.41, 5.74) is -3.94. The molecule has 0 amide bonds. The minimum Gasteiger partial charge on any atom is -0.490 e. The standard InChI is InChI=1S/C23H16F6N4O3/c1-11-7-31(10-30-11)16-3-4-17-21(35)33(12(2)8-32(17)20(16)34)18-9-36-19-14(18)5-13(22(24,25)26)6-15(19)23(27,28)29/h3-8,10,18H,9H2,1-2H3. The molecular weight excluding hydrogens is 494 g/mol. The molecule has 1 atom stereocenters. The number of nitrogens with zero attached hydrogens (tertiary/aromatic N) is 4. The lowest BCUT2D eigenvalue weighted by Crippen LogP contribution is -2.33. The Morgan fingerprint density at radius 1 is 0.972 bits per heavy atom. The monoisotopic (exact) mass is 510 g/mol. The summed E-state index contributed by atoms with van der Waals surface area (Å²) in [5.74, 6) is -0.755. The Kier molecular flexibility index (Phi) is 5.09. The van der Waals surface area contributed by atoms with Crippen molar-refractivity contribution < 1.29 is 31.1 Å². The molecule has 1 aliphatic rings. The average molecular weight is 510 g/mol. The molecular formula is C23H16F6N4O3. The highest BCUT2D eigenvalue weighted by atomic mass is 19.4. The lowest BCUT2D eigenvalue weighted by atomic mass is 9.99. The highest BCUT2D eigenvalue weighted by molar-refractivity contribution is 5.53. The maximum absolute atomic E-state index is 13.6. The van der Waals surface area contributed by atoms with Crippen molar-refractivity contribution in [2.24, 2.45) is 0 Å². The first-order valence-electron chi connectivity index (χ1n) is 10.5. The van der Waals surface area contributed by atoms with Gasteiger partial charge in [0, 0.05) is 23.7 Å². The number of hydrogen-bond donors (Lipinski definition) is 0. The van der Waals surface area contributed by atoms with E-state index in [-0.39, 0.29) is 23.0 Å². The third-order valence-electron chi connectivity index (χ3n) is 6.03. The minimum atomic E-state index is -5.11. The van der Waals surface area contributed by atoms with Crippen LogP contribution in [0.25, 0.3) is 11.2 Å². The molecule has 1 unspecified atom stereocenters. The third-order valence-corrected chi connectivity index (χ3v) is 6.03. The number of aromatic nitrogens is 4. The second-order valence-electron chi connectivity index (χ2n) is 8.41. The number of hydrogen-bond acceptors (Lipinski definition) is 4. The number of ether oxygens (including phenoxy) is 1. The van der Waals surface area contributed by atoms with E-state index in [1.807, 2.05) is 0 Å². The fourth-order valence-corrected chi connectivity index (χ4v) is 4.41. The summed E-state index contributed by atoms with van der Waals surface area (Å²) >= 11 is 0. The minimum absolute atomic E-state index is 0.00383. The Balaban J connectivity index is 1.72. The van der Waals surface area contributed by atoms with Crippen LogP contribution in [0.5, 0.6) is 5.75 Å². The zero-order valence-corrected chi connectivity index (χ0v) is 18.6. The molecule has 0 spiro atoms. The molecule has 0 bridgehead atoms. The molecule has 0 fully saturated rings. The molecule has 5 rings (SSSR count). The highest BCUT2D eigenvalue weighted by Gasteiger charge is 2.44. The van der Waals surface area contributed by atoms with Crippen molar-refractivity contribution in [1.82, 2.24) is 18.5 Å². The Morgan fingerprint density at radius 2 is 1.69 bits per heavy atom. The van der Waals surface area contributed by atoms with Crippen molar-refractivity contribution in [3.05, 3.63) is 91.8 Å². The molecule has 0 saturated heterocycles. The summed E-state index contributed by atoms with van der Waals surface area (Å²) in [6, 6.07) is 2.04. The van der Waals surface area contributed by atoms with Crippen molar-refractivity contribution in [3.8, 4) is 11.4 Å². The van der Waals surface area contributed by atoms with Gasteiger partial charge in [0.2, 0.25) is 0 Å². The van der Waals surface area contributed by atoms with Crippen LogP contribution in [0.4, 0.5) is 26.3 Å². The predicted molar refractivity (Wildman–Crippen MR) is 115 cm³/mol. The summed E-state index contributed by atoms with van der Waals surface area (Å²) < 4.78 is 89.8. The fourth-order valence-electron chi connectivity index (χ4n) is 4.41. The van der Waals surface area contributed by atoms with Gasteiger partial charge >= 0.3 is 12.4 Å². The summed E-state index contributed by atoms with van der Waals surface area (Å²) in [4.78, 5) is 30.5. The van der Waals surface area contributed by atoms with Crippen molar-refractivity contribution in [3.63, 3.8) is 0 Å². The van der Waals surface area contributed by atoms with E-state index < -0.39 is 58.6 Å². The SMILES string of the molecule is Cc1cn(-c2ccc3c(=O)n(C4COc5c4cc(C(F)(F)F)cc5C(F)(F)F)c(C)cn3c2=O)cn1. The van der Waals surface area contributed by atoms with E-state index in [0.717, 1.165) is 8.97 Å². The first-order chi connectivity index (χ1) is 16.8. The molecule has 0 N–H and O–H groups in total. The van der Waals surface area contributed by atoms with Gasteiger partial charge in [-0.1, -0.05) is 0 Å². The molecule has 0 saturated carbocycles. The topological polar surface area (TPSA) is 70.5 Å². The van der Waals surface area contributed by atoms with Crippen LogP contribution in [0.1, 0.15) is 34.1 Å². The molecule has 13 heteroatoms. The Morgan fingerprint density at radius 3 is 2.31 bits per heavy atom. The predicted octanol–water partition coefficient (Wildman–Crippen LogP) is 4.28. The van der Waals surface area contributed by atoms with Gasteiger partial charge in [-0.3, -0.25) is 18.6 Å². The number of halogens is 6. The van der Waals surface area contributed by atoms with Gasteiger partial charge in [0.05, 0.1) is 29.2 Å². The van der Waals surface area contributed by atoms with Gasteiger partial charge in [0.15, 0.2) is 0 Å². The second kappa shape index (κ2) is 7.73. The van der Waals surface area contributed by atoms with E-state index in [9.17, 15) is 35.9 Å². The van der Waals surface area contributed by atoms with E-state index in [2.05, 4.69) is 4.98 Å². The van der Waals surface area contributed by atoms with Crippen LogP contribution in [0, 0.1) is 13.8 Å². The van der Waals surface area contributed by atoms with Crippen molar-refractivity contribution in [2.45, 2.75) is 32.2 Å². The van der Waals surface area contributed by atoms with E-state index in [1.54, 1.807) is 13.1 Å². The summed E-state index contributed by atoms with van der Waals surface area (Å²) in [7, 11) is 0. The maximum Gasteiger partial charge on any atom is 0.419 e. The molecule has 4 aromatic rings. The lowest BCUT2D eigenvalue weighted by Gasteiger charge is -2.20. The first-order valence-corrected chi connectivity index (χ1v) is 10.5. The first kappa shape index (κ1) is 23.7. The zero-order valence-electron chi connectivity index (χ0n) is 18.6. The molecule has 0 radical (unpaired) electrons. The number of fused-ring (bicyclic) bond motifs is 2. The molecule has 1 aromatic carbocycles. The van der Waals surface area contributed by atoms with E-state index >= 15 is 0 Å². The largest absolute Gasteiger partial charge is 0.490 e. The molecule has 4 heterocycles. The fraction of sp³-hybridized carbons (Fsp3) is 0.261. The van der Waals surface area contributed by atoms with Gasteiger partial charge in [-0.2, -0.15) is 26.3 Å². The number of pyridine rings is 1. The molecule has 1 aliphatic heterocycles. The van der Waals surface area contributed by atoms with Gasteiger partial charge in [0.1, 0.15) is 23.6 Å². The number of benzene rings is 1. The Hall–Kier alpha value is -4.03. The summed E-state index contributed by atoms with van der Waals surface area (Å²) in [6.45, 7) is 2.67. The van der Waals surface area contributed by atoms with Crippen LogP contribution in [-0.2, 0) is 12.4 Å². The van der Waals surface area contributed by atoms with E-state index in [4.69, 9.17) is 4.74 Å². The molecule has 7 nitrogen and oxygen atoms in total. The van der Waals surface area contributed by atoms with Crippen molar-refractivity contribution >= 4 is 5.52 Å². The second-order valence-corrected chi connectivity index (χ2v) is 8.41. The van der Waals surface area contributed by atoms with Crippen LogP contribution in [0.15, 0.2) is 52.6 Å². The third kappa shape index (κ3) is 3.65. The molecule has 0 aliphatic carbocycles. The number of aryl methyl sites for hydroxylation is 2. The summed E-state index contributed by atoms with van der Waals surface area (Å²) in [5, 5.41) is 0. The normalized spacial score (nSPS) is 15.8. The van der Waals surface area contributed by atoms with Crippen LogP contribution in [0.2, 0.25) is 0 Å². The van der Waals surface area contributed by atoms with Crippen LogP contribution >= 0.6 is 0 Å². The van der Waals surface area contributed by atoms with Crippen molar-refractivity contribution in [1.29, 1.82) is 0 Å². The van der Waals surface area contributed by atoms with Gasteiger partial charge in [-0.15, -0.1) is 0 Å². The van der Waals surface area contributed by atoms with Gasteiger partial charge in [-0.25, -0.2) is 4.98 Å². The quantitative estimate of drug-likeness (QED) is 0.378. The number of alkyl halides is 6. The molecule has 188 valence electrons. The van der Waals surface area contributed by atoms with Gasteiger partial charge in [-0.05, 0) is 38.1 Å². The van der Waals surface area contributed by atoms with E-state index in [1.165, 1.54) is 36.1 Å². The number of imidazole rings is 1. The average Bonchev–Trinajstić information content (AvgIpc) is 3.39. The summed E-state index contributed by atoms with van der Waals surface area (Å²) in [6.07, 6.45) is -5.82. The smallest absolute Gasteiger partial charge is 0.419 e. The number of rotatable bonds is 2. The lowest BCUT2D eigenvalue weighted by molar-refractivity contribution is -0.143. The Labute approximate surface area is 197 Å². The maximum atomic E-state index is 13.6. The van der Waals surface area contributed by atoms with Crippen LogP contribution in [-0.4, -0.2) is 25.1 Å². The van der Waals surface area contributed by atoms with Crippen LogP contribution < -0.4 is 15.9 Å². The molecule has 3 aromatic heterocycles. The molecule has 36 heavy (non-hydrogen) atoms. The Bertz CT molecular complexity index is 1650. The highest BCUT2D eigenvalue weighted by Crippen LogP contribution is 2.47. The van der Waals surface area contributed by atoms with E-state index in [0.29, 0.717) is 11.8 Å². The van der Waals surface area contributed by atoms with Gasteiger partial charge in [0.25, 0.3) is 11.1 Å². The van der Waals surface area contributed by atoms with Crippen LogP contribution in [0.3, 0.4) is 0 Å². The zero-order chi connectivity index (χ0) is 26.2. The van der Waals surface area contributed by atoms with Crippen molar-refractivity contribution in [2.75, 3.05) is 6.61 Å².